The predicted octanol–water partition coefficient (Wildman–Crippen LogP) is 4.55. The van der Waals surface area contributed by atoms with Gasteiger partial charge in [-0.15, -0.1) is 0 Å². The van der Waals surface area contributed by atoms with E-state index in [0.29, 0.717) is 10.6 Å². The maximum atomic E-state index is 13.9. The van der Waals surface area contributed by atoms with Crippen molar-refractivity contribution in [3.05, 3.63) is 69.5 Å². The second-order valence-electron chi connectivity index (χ2n) is 5.53. The van der Waals surface area contributed by atoms with Gasteiger partial charge in [-0.2, -0.15) is 0 Å². The Balaban J connectivity index is 2.40. The molecule has 106 valence electrons. The molecule has 1 atom stereocenters. The van der Waals surface area contributed by atoms with Crippen LogP contribution in [0.2, 0.25) is 5.02 Å². The second kappa shape index (κ2) is 5.55. The van der Waals surface area contributed by atoms with Crippen molar-refractivity contribution >= 4 is 11.6 Å². The van der Waals surface area contributed by atoms with E-state index in [4.69, 9.17) is 11.6 Å². The van der Waals surface area contributed by atoms with E-state index in [2.05, 4.69) is 0 Å². The average molecular weight is 293 g/mol. The highest BCUT2D eigenvalue weighted by atomic mass is 35.5. The first-order valence-corrected chi connectivity index (χ1v) is 6.91. The number of halogens is 2. The highest BCUT2D eigenvalue weighted by molar-refractivity contribution is 6.31. The van der Waals surface area contributed by atoms with Crippen LogP contribution in [0.25, 0.3) is 0 Å². The summed E-state index contributed by atoms with van der Waals surface area (Å²) in [5.41, 5.74) is 2.09. The number of hydrogen-bond donors (Lipinski definition) is 1. The Morgan fingerprint density at radius 1 is 1.15 bits per heavy atom. The summed E-state index contributed by atoms with van der Waals surface area (Å²) in [7, 11) is 0. The number of hydrogen-bond acceptors (Lipinski definition) is 1. The van der Waals surface area contributed by atoms with Gasteiger partial charge in [0.15, 0.2) is 0 Å². The van der Waals surface area contributed by atoms with Crippen LogP contribution >= 0.6 is 11.6 Å². The Kier molecular flexibility index (Phi) is 4.17. The van der Waals surface area contributed by atoms with Crippen LogP contribution < -0.4 is 0 Å². The number of aliphatic hydroxyl groups is 1. The topological polar surface area (TPSA) is 20.2 Å². The Bertz CT molecular complexity index is 594. The van der Waals surface area contributed by atoms with Gasteiger partial charge in [0, 0.05) is 17.0 Å². The van der Waals surface area contributed by atoms with E-state index in [1.54, 1.807) is 19.1 Å². The molecule has 0 heterocycles. The van der Waals surface area contributed by atoms with Crippen molar-refractivity contribution in [2.75, 3.05) is 0 Å². The van der Waals surface area contributed by atoms with Crippen LogP contribution in [-0.4, -0.2) is 5.11 Å². The van der Waals surface area contributed by atoms with E-state index in [1.807, 2.05) is 32.0 Å². The first-order chi connectivity index (χ1) is 9.29. The molecule has 1 nitrogen and oxygen atoms in total. The lowest BCUT2D eigenvalue weighted by Crippen LogP contribution is -2.25. The van der Waals surface area contributed by atoms with Crippen molar-refractivity contribution in [2.24, 2.45) is 0 Å². The monoisotopic (exact) mass is 292 g/mol. The van der Waals surface area contributed by atoms with E-state index >= 15 is 0 Å². The number of rotatable bonds is 3. The molecule has 20 heavy (non-hydrogen) atoms. The number of aryl methyl sites for hydroxylation is 2. The summed E-state index contributed by atoms with van der Waals surface area (Å²) in [6, 6.07) is 10.4. The maximum absolute atomic E-state index is 13.9. The van der Waals surface area contributed by atoms with Gasteiger partial charge in [0.2, 0.25) is 0 Å². The summed E-state index contributed by atoms with van der Waals surface area (Å²) in [4.78, 5) is 0. The van der Waals surface area contributed by atoms with Gasteiger partial charge >= 0.3 is 0 Å². The van der Waals surface area contributed by atoms with Crippen LogP contribution in [0.3, 0.4) is 0 Å². The van der Waals surface area contributed by atoms with Crippen molar-refractivity contribution < 1.29 is 9.50 Å². The first-order valence-electron chi connectivity index (χ1n) is 6.53. The Labute approximate surface area is 124 Å². The largest absolute Gasteiger partial charge is 0.385 e. The summed E-state index contributed by atoms with van der Waals surface area (Å²) in [5, 5.41) is 11.1. The average Bonchev–Trinajstić information content (AvgIpc) is 2.33. The molecule has 0 radical (unpaired) electrons. The van der Waals surface area contributed by atoms with Gasteiger partial charge in [0.25, 0.3) is 0 Å². The molecule has 0 bridgehead atoms. The fourth-order valence-electron chi connectivity index (χ4n) is 2.43. The molecule has 1 unspecified atom stereocenters. The number of benzene rings is 2. The summed E-state index contributed by atoms with van der Waals surface area (Å²) >= 11 is 6.03. The quantitative estimate of drug-likeness (QED) is 0.880. The van der Waals surface area contributed by atoms with Crippen molar-refractivity contribution in [1.29, 1.82) is 0 Å². The smallest absolute Gasteiger partial charge is 0.128 e. The third kappa shape index (κ3) is 3.20. The molecule has 0 spiro atoms. The van der Waals surface area contributed by atoms with Gasteiger partial charge in [-0.25, -0.2) is 4.39 Å². The Morgan fingerprint density at radius 2 is 1.75 bits per heavy atom. The molecule has 2 aromatic carbocycles. The fourth-order valence-corrected chi connectivity index (χ4v) is 2.66. The Morgan fingerprint density at radius 3 is 2.30 bits per heavy atom. The molecule has 0 aliphatic rings. The van der Waals surface area contributed by atoms with E-state index < -0.39 is 5.60 Å². The van der Waals surface area contributed by atoms with E-state index in [0.717, 1.165) is 16.7 Å². The summed E-state index contributed by atoms with van der Waals surface area (Å²) in [6.45, 7) is 5.63. The molecule has 0 aromatic heterocycles. The molecule has 0 aliphatic heterocycles. The van der Waals surface area contributed by atoms with Gasteiger partial charge in [-0.1, -0.05) is 47.0 Å². The SMILES string of the molecule is Cc1cc(C)cc(C(C)(O)Cc2c(F)cccc2Cl)c1. The molecular formula is C17H18ClFO. The van der Waals surface area contributed by atoms with Crippen molar-refractivity contribution in [3.8, 4) is 0 Å². The fraction of sp³-hybridized carbons (Fsp3) is 0.294. The third-order valence-corrected chi connectivity index (χ3v) is 3.78. The minimum absolute atomic E-state index is 0.140. The molecule has 0 saturated carbocycles. The predicted molar refractivity (Wildman–Crippen MR) is 80.6 cm³/mol. The zero-order valence-electron chi connectivity index (χ0n) is 11.9. The first kappa shape index (κ1) is 15.0. The summed E-state index contributed by atoms with van der Waals surface area (Å²) < 4.78 is 13.9. The third-order valence-electron chi connectivity index (χ3n) is 3.43. The van der Waals surface area contributed by atoms with Gasteiger partial charge in [-0.3, -0.25) is 0 Å². The van der Waals surface area contributed by atoms with E-state index in [1.165, 1.54) is 6.07 Å². The molecule has 0 fully saturated rings. The van der Waals surface area contributed by atoms with E-state index in [9.17, 15) is 9.50 Å². The molecular weight excluding hydrogens is 275 g/mol. The van der Waals surface area contributed by atoms with Gasteiger partial charge < -0.3 is 5.11 Å². The van der Waals surface area contributed by atoms with E-state index in [-0.39, 0.29) is 12.2 Å². The minimum atomic E-state index is -1.16. The van der Waals surface area contributed by atoms with Gasteiger partial charge in [0.05, 0.1) is 5.60 Å². The van der Waals surface area contributed by atoms with Crippen LogP contribution in [0.4, 0.5) is 4.39 Å². The zero-order valence-corrected chi connectivity index (χ0v) is 12.6. The molecule has 0 aliphatic carbocycles. The molecule has 0 saturated heterocycles. The molecule has 0 amide bonds. The lowest BCUT2D eigenvalue weighted by atomic mass is 9.87. The summed E-state index contributed by atoms with van der Waals surface area (Å²) in [6.07, 6.45) is 0.140. The van der Waals surface area contributed by atoms with Crippen LogP contribution in [0.5, 0.6) is 0 Å². The van der Waals surface area contributed by atoms with Crippen LogP contribution in [0.1, 0.15) is 29.2 Å². The van der Waals surface area contributed by atoms with Crippen molar-refractivity contribution in [1.82, 2.24) is 0 Å². The highest BCUT2D eigenvalue weighted by Gasteiger charge is 2.26. The molecule has 1 N–H and O–H groups in total. The standard InChI is InChI=1S/C17H18ClFO/c1-11-7-12(2)9-13(8-11)17(3,20)10-14-15(18)5-4-6-16(14)19/h4-9,20H,10H2,1-3H3. The van der Waals surface area contributed by atoms with Crippen LogP contribution in [0.15, 0.2) is 36.4 Å². The highest BCUT2D eigenvalue weighted by Crippen LogP contribution is 2.31. The lowest BCUT2D eigenvalue weighted by molar-refractivity contribution is 0.0566. The maximum Gasteiger partial charge on any atom is 0.128 e. The molecule has 3 heteroatoms. The minimum Gasteiger partial charge on any atom is -0.385 e. The molecule has 2 rings (SSSR count). The van der Waals surface area contributed by atoms with Crippen molar-refractivity contribution in [3.63, 3.8) is 0 Å². The second-order valence-corrected chi connectivity index (χ2v) is 5.93. The van der Waals surface area contributed by atoms with Crippen molar-refractivity contribution in [2.45, 2.75) is 32.8 Å². The van der Waals surface area contributed by atoms with Crippen LogP contribution in [-0.2, 0) is 12.0 Å². The Hall–Kier alpha value is -1.38. The van der Waals surface area contributed by atoms with Gasteiger partial charge in [0.1, 0.15) is 5.82 Å². The lowest BCUT2D eigenvalue weighted by Gasteiger charge is -2.25. The molecule has 2 aromatic rings. The zero-order chi connectivity index (χ0) is 14.9. The summed E-state index contributed by atoms with van der Waals surface area (Å²) in [5.74, 6) is -0.387. The normalized spacial score (nSPS) is 14.1. The van der Waals surface area contributed by atoms with Gasteiger partial charge in [-0.05, 0) is 38.5 Å². The van der Waals surface area contributed by atoms with Crippen LogP contribution in [0, 0.1) is 19.7 Å².